The van der Waals surface area contributed by atoms with Crippen LogP contribution >= 0.6 is 15.9 Å². The first-order chi connectivity index (χ1) is 18.6. The fraction of sp³-hybridized carbons (Fsp3) is 0.483. The topological polar surface area (TPSA) is 95.5 Å². The molecule has 1 N–H and O–H groups in total. The molecule has 2 aromatic carbocycles. The minimum atomic E-state index is -3.49. The maximum atomic E-state index is 13.8. The lowest BCUT2D eigenvalue weighted by Crippen LogP contribution is -2.52. The summed E-state index contributed by atoms with van der Waals surface area (Å²) in [6, 6.07) is 14.6. The Balaban J connectivity index is 1.37. The van der Waals surface area contributed by atoms with Gasteiger partial charge < -0.3 is 15.1 Å². The Kier molecular flexibility index (Phi) is 8.26. The van der Waals surface area contributed by atoms with E-state index in [1.54, 1.807) is 24.3 Å². The van der Waals surface area contributed by atoms with E-state index in [0.29, 0.717) is 29.7 Å². The number of halogens is 1. The van der Waals surface area contributed by atoms with E-state index in [1.807, 2.05) is 29.2 Å². The van der Waals surface area contributed by atoms with E-state index >= 15 is 0 Å². The fourth-order valence-corrected chi connectivity index (χ4v) is 8.13. The van der Waals surface area contributed by atoms with E-state index in [1.165, 1.54) is 6.33 Å². The highest BCUT2D eigenvalue weighted by Crippen LogP contribution is 2.36. The first kappa shape index (κ1) is 28.0. The normalized spacial score (nSPS) is 24.2. The molecule has 2 heterocycles. The second kappa shape index (κ2) is 11.5. The van der Waals surface area contributed by atoms with Gasteiger partial charge in [-0.05, 0) is 82.8 Å². The number of likely N-dealkylation sites (tertiary alicyclic amines) is 1. The number of amides is 1. The number of hydrogen-bond acceptors (Lipinski definition) is 7. The van der Waals surface area contributed by atoms with Gasteiger partial charge in [-0.1, -0.05) is 34.1 Å². The smallest absolute Gasteiger partial charge is 0.245 e. The summed E-state index contributed by atoms with van der Waals surface area (Å²) in [5, 5.41) is 4.22. The monoisotopic (exact) mass is 613 g/mol. The van der Waals surface area contributed by atoms with E-state index in [-0.39, 0.29) is 29.7 Å². The molecule has 2 fully saturated rings. The molecule has 1 saturated carbocycles. The highest BCUT2D eigenvalue weighted by Gasteiger charge is 2.44. The Labute approximate surface area is 239 Å². The number of carbonyl (C=O) groups is 1. The van der Waals surface area contributed by atoms with Crippen molar-refractivity contribution in [2.45, 2.75) is 68.6 Å². The van der Waals surface area contributed by atoms with Crippen LogP contribution in [0, 0.1) is 5.92 Å². The summed E-state index contributed by atoms with van der Waals surface area (Å²) < 4.78 is 27.8. The van der Waals surface area contributed by atoms with Gasteiger partial charge in [0, 0.05) is 34.5 Å². The third kappa shape index (κ3) is 5.98. The van der Waals surface area contributed by atoms with Crippen LogP contribution < -0.4 is 5.32 Å². The number of sulfone groups is 1. The molecule has 1 aliphatic carbocycles. The van der Waals surface area contributed by atoms with Gasteiger partial charge in [0.1, 0.15) is 18.2 Å². The molecule has 0 radical (unpaired) electrons. The quantitative estimate of drug-likeness (QED) is 0.391. The summed E-state index contributed by atoms with van der Waals surface area (Å²) in [4.78, 5) is 27.2. The Hall–Kier alpha value is -2.56. The molecule has 4 atom stereocenters. The van der Waals surface area contributed by atoms with Crippen molar-refractivity contribution in [1.82, 2.24) is 19.8 Å². The number of benzene rings is 2. The molecule has 0 unspecified atom stereocenters. The van der Waals surface area contributed by atoms with Gasteiger partial charge in [-0.2, -0.15) is 0 Å². The van der Waals surface area contributed by atoms with E-state index < -0.39 is 15.9 Å². The number of hydrogen-bond donors (Lipinski definition) is 1. The lowest BCUT2D eigenvalue weighted by atomic mass is 9.81. The van der Waals surface area contributed by atoms with Gasteiger partial charge in [-0.3, -0.25) is 4.79 Å². The number of aromatic nitrogens is 2. The van der Waals surface area contributed by atoms with Gasteiger partial charge in [0.05, 0.1) is 16.2 Å². The lowest BCUT2D eigenvalue weighted by Gasteiger charge is -2.44. The molecule has 2 aliphatic rings. The number of nitrogens with one attached hydrogen (secondary N) is 1. The summed E-state index contributed by atoms with van der Waals surface area (Å²) >= 11 is 3.51. The van der Waals surface area contributed by atoms with Gasteiger partial charge in [-0.15, -0.1) is 0 Å². The Bertz CT molecular complexity index is 1440. The highest BCUT2D eigenvalue weighted by molar-refractivity contribution is 9.10. The Morgan fingerprint density at radius 2 is 1.87 bits per heavy atom. The summed E-state index contributed by atoms with van der Waals surface area (Å²) in [6.07, 6.45) is 4.62. The summed E-state index contributed by atoms with van der Waals surface area (Å²) in [6.45, 7) is 4.93. The second-order valence-electron chi connectivity index (χ2n) is 11.0. The van der Waals surface area contributed by atoms with Crippen LogP contribution in [0.15, 0.2) is 64.2 Å². The molecule has 10 heteroatoms. The third-order valence-electron chi connectivity index (χ3n) is 8.39. The van der Waals surface area contributed by atoms with Crippen molar-refractivity contribution in [3.63, 3.8) is 0 Å². The summed E-state index contributed by atoms with van der Waals surface area (Å²) in [5.41, 5.74) is 0.803. The van der Waals surface area contributed by atoms with Crippen LogP contribution in [0.25, 0.3) is 10.9 Å². The summed E-state index contributed by atoms with van der Waals surface area (Å²) in [7, 11) is -1.38. The maximum absolute atomic E-state index is 13.8. The predicted molar refractivity (Wildman–Crippen MR) is 157 cm³/mol. The molecule has 5 rings (SSSR count). The van der Waals surface area contributed by atoms with Crippen LogP contribution in [0.1, 0.15) is 39.5 Å². The maximum Gasteiger partial charge on any atom is 0.245 e. The largest absolute Gasteiger partial charge is 0.358 e. The molecule has 0 spiro atoms. The van der Waals surface area contributed by atoms with Crippen LogP contribution in [0.4, 0.5) is 5.82 Å². The second-order valence-corrected chi connectivity index (χ2v) is 14.0. The Morgan fingerprint density at radius 3 is 2.62 bits per heavy atom. The number of fused-ring (bicyclic) bond motifs is 1. The third-order valence-corrected chi connectivity index (χ3v) is 10.7. The van der Waals surface area contributed by atoms with E-state index in [2.05, 4.69) is 57.0 Å². The molecule has 208 valence electrons. The van der Waals surface area contributed by atoms with Gasteiger partial charge in [0.2, 0.25) is 5.91 Å². The van der Waals surface area contributed by atoms with Gasteiger partial charge in [0.15, 0.2) is 9.84 Å². The summed E-state index contributed by atoms with van der Waals surface area (Å²) in [5.74, 6) is 0.538. The standard InChI is InChI=1S/C29H36BrN5O3S/c1-19(2)34(3)22-10-12-27(20(15-22)17-39(37,38)23-7-5-4-6-8-23)35-14-13-26(29(35)36)33-28-24-16-21(30)9-11-25(24)31-18-32-28/h4-9,11,16,18-20,22,26-27H,10,12-15,17H2,1-3H3,(H,31,32,33)/t20-,22+,26-,27-/m0/s1. The van der Waals surface area contributed by atoms with E-state index in [9.17, 15) is 13.2 Å². The van der Waals surface area contributed by atoms with Crippen LogP contribution in [0.3, 0.4) is 0 Å². The van der Waals surface area contributed by atoms with E-state index in [0.717, 1.165) is 34.6 Å². The van der Waals surface area contributed by atoms with Crippen molar-refractivity contribution in [2.24, 2.45) is 5.92 Å². The average molecular weight is 615 g/mol. The molecule has 39 heavy (non-hydrogen) atoms. The molecule has 1 saturated heterocycles. The minimum absolute atomic E-state index is 0.0135. The molecule has 0 bridgehead atoms. The SMILES string of the molecule is CC(C)N(C)[C@@H]1CC[C@H](N2CC[C@H](Nc3ncnc4ccc(Br)cc34)C2=O)[C@H](CS(=O)(=O)c2ccccc2)C1. The average Bonchev–Trinajstić information content (AvgIpc) is 3.28. The number of carbonyl (C=O) groups excluding carboxylic acids is 1. The molecule has 1 aromatic heterocycles. The van der Waals surface area contributed by atoms with Crippen LogP contribution in [0.2, 0.25) is 0 Å². The number of anilines is 1. The van der Waals surface area contributed by atoms with Crippen molar-refractivity contribution in [3.8, 4) is 0 Å². The van der Waals surface area contributed by atoms with Crippen molar-refractivity contribution in [1.29, 1.82) is 0 Å². The minimum Gasteiger partial charge on any atom is -0.358 e. The molecule has 3 aromatic rings. The van der Waals surface area contributed by atoms with Crippen LogP contribution in [-0.4, -0.2) is 77.6 Å². The van der Waals surface area contributed by atoms with Crippen molar-refractivity contribution >= 4 is 48.4 Å². The van der Waals surface area contributed by atoms with Gasteiger partial charge in [0.25, 0.3) is 0 Å². The molecule has 8 nitrogen and oxygen atoms in total. The first-order valence-electron chi connectivity index (χ1n) is 13.6. The van der Waals surface area contributed by atoms with E-state index in [4.69, 9.17) is 0 Å². The van der Waals surface area contributed by atoms with Crippen molar-refractivity contribution < 1.29 is 13.2 Å². The molecule has 1 amide bonds. The van der Waals surface area contributed by atoms with Crippen molar-refractivity contribution in [3.05, 3.63) is 59.3 Å². The van der Waals surface area contributed by atoms with Gasteiger partial charge in [-0.25, -0.2) is 18.4 Å². The van der Waals surface area contributed by atoms with Crippen LogP contribution in [-0.2, 0) is 14.6 Å². The fourth-order valence-electron chi connectivity index (χ4n) is 6.08. The number of rotatable bonds is 8. The highest BCUT2D eigenvalue weighted by atomic mass is 79.9. The molecular formula is C29H36BrN5O3S. The predicted octanol–water partition coefficient (Wildman–Crippen LogP) is 4.76. The lowest BCUT2D eigenvalue weighted by molar-refractivity contribution is -0.132. The zero-order valence-corrected chi connectivity index (χ0v) is 25.0. The van der Waals surface area contributed by atoms with Crippen molar-refractivity contribution in [2.75, 3.05) is 24.7 Å². The Morgan fingerprint density at radius 1 is 1.10 bits per heavy atom. The first-order valence-corrected chi connectivity index (χ1v) is 16.1. The van der Waals surface area contributed by atoms with Crippen LogP contribution in [0.5, 0.6) is 0 Å². The van der Waals surface area contributed by atoms with Gasteiger partial charge >= 0.3 is 0 Å². The zero-order valence-electron chi connectivity index (χ0n) is 22.6. The number of nitrogens with zero attached hydrogens (tertiary/aromatic N) is 4. The zero-order chi connectivity index (χ0) is 27.7. The molecule has 1 aliphatic heterocycles. The molecular weight excluding hydrogens is 578 g/mol.